The summed E-state index contributed by atoms with van der Waals surface area (Å²) in [7, 11) is 1.77. The number of piperidine rings is 1. The number of nitrogens with one attached hydrogen (secondary N) is 1. The Morgan fingerprint density at radius 1 is 1.33 bits per heavy atom. The molecule has 1 aromatic rings. The van der Waals surface area contributed by atoms with E-state index >= 15 is 0 Å². The molecule has 0 aliphatic carbocycles. The monoisotopic (exact) mass is 481 g/mol. The van der Waals surface area contributed by atoms with Crippen LogP contribution in [0, 0.1) is 18.3 Å². The third-order valence-corrected chi connectivity index (χ3v) is 4.23. The molecule has 0 bridgehead atoms. The second-order valence-electron chi connectivity index (χ2n) is 5.45. The van der Waals surface area contributed by atoms with Gasteiger partial charge >= 0.3 is 0 Å². The van der Waals surface area contributed by atoms with Crippen molar-refractivity contribution in [2.24, 2.45) is 10.9 Å². The first-order chi connectivity index (χ1) is 11.1. The van der Waals surface area contributed by atoms with Crippen LogP contribution >= 0.6 is 47.2 Å². The molecule has 4 nitrogen and oxygen atoms in total. The number of hydrogen-bond donors (Lipinski definition) is 1. The minimum atomic E-state index is 0. The molecule has 0 aromatic heterocycles. The van der Waals surface area contributed by atoms with Crippen molar-refractivity contribution in [1.29, 1.82) is 0 Å². The normalized spacial score (nSPS) is 15.4. The Bertz CT molecular complexity index is 576. The lowest BCUT2D eigenvalue weighted by molar-refractivity contribution is 0.179. The van der Waals surface area contributed by atoms with Gasteiger partial charge < -0.3 is 15.0 Å². The minimum absolute atomic E-state index is 0. The molecule has 0 saturated carbocycles. The lowest BCUT2D eigenvalue weighted by Crippen LogP contribution is -2.46. The zero-order chi connectivity index (χ0) is 16.7. The molecule has 1 aliphatic heterocycles. The van der Waals surface area contributed by atoms with Gasteiger partial charge in [0.2, 0.25) is 0 Å². The molecule has 24 heavy (non-hydrogen) atoms. The molecule has 0 radical (unpaired) electrons. The fraction of sp³-hybridized carbons (Fsp3) is 0.471. The van der Waals surface area contributed by atoms with Gasteiger partial charge in [0.1, 0.15) is 5.75 Å². The maximum absolute atomic E-state index is 5.98. The third-order valence-electron chi connectivity index (χ3n) is 3.80. The summed E-state index contributed by atoms with van der Waals surface area (Å²) in [6, 6.07) is 5.27. The molecule has 1 fully saturated rings. The molecule has 7 heteroatoms. The van der Waals surface area contributed by atoms with E-state index in [1.54, 1.807) is 25.2 Å². The van der Waals surface area contributed by atoms with E-state index in [0.29, 0.717) is 29.1 Å². The Morgan fingerprint density at radius 3 is 2.50 bits per heavy atom. The van der Waals surface area contributed by atoms with Crippen LogP contribution in [0.1, 0.15) is 12.8 Å². The second-order valence-corrected chi connectivity index (χ2v) is 6.32. The third kappa shape index (κ3) is 6.58. The highest BCUT2D eigenvalue weighted by atomic mass is 127. The maximum Gasteiger partial charge on any atom is 0.194 e. The van der Waals surface area contributed by atoms with E-state index in [0.717, 1.165) is 37.6 Å². The highest BCUT2D eigenvalue weighted by Gasteiger charge is 2.21. The zero-order valence-corrected chi connectivity index (χ0v) is 17.4. The lowest BCUT2D eigenvalue weighted by Gasteiger charge is -2.33. The maximum atomic E-state index is 5.98. The number of hydrogen-bond acceptors (Lipinski definition) is 2. The molecule has 1 saturated heterocycles. The topological polar surface area (TPSA) is 36.9 Å². The number of ether oxygens (including phenoxy) is 1. The molecule has 1 aliphatic rings. The van der Waals surface area contributed by atoms with Crippen molar-refractivity contribution in [3.05, 3.63) is 28.2 Å². The highest BCUT2D eigenvalue weighted by molar-refractivity contribution is 14.0. The Kier molecular flexibility index (Phi) is 9.64. The summed E-state index contributed by atoms with van der Waals surface area (Å²) in [5, 5.41) is 4.33. The summed E-state index contributed by atoms with van der Waals surface area (Å²) >= 11 is 12.0. The van der Waals surface area contributed by atoms with Crippen molar-refractivity contribution >= 4 is 53.1 Å². The Hall–Kier alpha value is -0.840. The predicted octanol–water partition coefficient (Wildman–Crippen LogP) is 3.91. The Balaban J connectivity index is 0.00000288. The SMILES string of the molecule is C#CCNC(=NC)N1CCC(COc2cc(Cl)cc(Cl)c2)CC1.I. The zero-order valence-electron chi connectivity index (χ0n) is 13.6. The predicted molar refractivity (Wildman–Crippen MR) is 112 cm³/mol. The van der Waals surface area contributed by atoms with Crippen molar-refractivity contribution in [1.82, 2.24) is 10.2 Å². The Morgan fingerprint density at radius 2 is 1.96 bits per heavy atom. The van der Waals surface area contributed by atoms with Gasteiger partial charge in [-0.05, 0) is 37.0 Å². The second kappa shape index (κ2) is 10.9. The van der Waals surface area contributed by atoms with Gasteiger partial charge in [-0.25, -0.2) is 0 Å². The molecule has 0 atom stereocenters. The van der Waals surface area contributed by atoms with E-state index in [9.17, 15) is 0 Å². The molecule has 1 aromatic carbocycles. The molecule has 0 spiro atoms. The van der Waals surface area contributed by atoms with Crippen molar-refractivity contribution in [2.45, 2.75) is 12.8 Å². The van der Waals surface area contributed by atoms with Gasteiger partial charge in [-0.15, -0.1) is 30.4 Å². The van der Waals surface area contributed by atoms with Crippen LogP contribution in [0.15, 0.2) is 23.2 Å². The van der Waals surface area contributed by atoms with Gasteiger partial charge in [0.15, 0.2) is 5.96 Å². The summed E-state index contributed by atoms with van der Waals surface area (Å²) in [6.07, 6.45) is 7.37. The van der Waals surface area contributed by atoms with Crippen molar-refractivity contribution in [3.8, 4) is 18.1 Å². The minimum Gasteiger partial charge on any atom is -0.493 e. The molecule has 0 amide bonds. The van der Waals surface area contributed by atoms with Crippen molar-refractivity contribution < 1.29 is 4.74 Å². The summed E-state index contributed by atoms with van der Waals surface area (Å²) in [4.78, 5) is 6.49. The number of aliphatic imine (C=N–C) groups is 1. The molecule has 1 heterocycles. The number of halogens is 3. The first-order valence-corrected chi connectivity index (χ1v) is 8.36. The first kappa shape index (κ1) is 21.2. The largest absolute Gasteiger partial charge is 0.493 e. The summed E-state index contributed by atoms with van der Waals surface area (Å²) < 4.78 is 5.83. The quantitative estimate of drug-likeness (QED) is 0.306. The van der Waals surface area contributed by atoms with E-state index < -0.39 is 0 Å². The van der Waals surface area contributed by atoms with Gasteiger partial charge in [-0.3, -0.25) is 4.99 Å². The van der Waals surface area contributed by atoms with Crippen LogP contribution in [0.5, 0.6) is 5.75 Å². The Labute approximate surface area is 171 Å². The molecular weight excluding hydrogens is 460 g/mol. The van der Waals surface area contributed by atoms with Crippen LogP contribution in [-0.4, -0.2) is 44.1 Å². The van der Waals surface area contributed by atoms with E-state index in [-0.39, 0.29) is 24.0 Å². The van der Waals surface area contributed by atoms with E-state index in [1.165, 1.54) is 0 Å². The van der Waals surface area contributed by atoms with Gasteiger partial charge in [0, 0.05) is 30.2 Å². The van der Waals surface area contributed by atoms with Crippen molar-refractivity contribution in [2.75, 3.05) is 33.3 Å². The van der Waals surface area contributed by atoms with Crippen LogP contribution in [0.4, 0.5) is 0 Å². The number of rotatable bonds is 4. The van der Waals surface area contributed by atoms with Gasteiger partial charge in [0.05, 0.1) is 13.2 Å². The standard InChI is InChI=1S/C17H21Cl2N3O.HI/c1-3-6-21-17(20-2)22-7-4-13(5-8-22)12-23-16-10-14(18)9-15(19)11-16;/h1,9-11,13H,4-8,12H2,2H3,(H,20,21);1H. The fourth-order valence-electron chi connectivity index (χ4n) is 2.60. The summed E-state index contributed by atoms with van der Waals surface area (Å²) in [5.74, 6) is 4.66. The lowest BCUT2D eigenvalue weighted by atomic mass is 9.98. The van der Waals surface area contributed by atoms with Crippen LogP contribution < -0.4 is 10.1 Å². The summed E-state index contributed by atoms with van der Waals surface area (Å²) in [5.41, 5.74) is 0. The number of likely N-dealkylation sites (tertiary alicyclic amines) is 1. The average Bonchev–Trinajstić information content (AvgIpc) is 2.54. The van der Waals surface area contributed by atoms with E-state index in [1.807, 2.05) is 0 Å². The van der Waals surface area contributed by atoms with Gasteiger partial charge in [-0.1, -0.05) is 29.1 Å². The molecule has 0 unspecified atom stereocenters. The van der Waals surface area contributed by atoms with E-state index in [4.69, 9.17) is 34.4 Å². The average molecular weight is 482 g/mol. The molecule has 2 rings (SSSR count). The fourth-order valence-corrected chi connectivity index (χ4v) is 3.11. The first-order valence-electron chi connectivity index (χ1n) is 7.60. The van der Waals surface area contributed by atoms with Crippen LogP contribution in [0.25, 0.3) is 0 Å². The van der Waals surface area contributed by atoms with Gasteiger partial charge in [0.25, 0.3) is 0 Å². The van der Waals surface area contributed by atoms with Crippen molar-refractivity contribution in [3.63, 3.8) is 0 Å². The molecular formula is C17H22Cl2IN3O. The van der Waals surface area contributed by atoms with Crippen LogP contribution in [0.3, 0.4) is 0 Å². The number of benzene rings is 1. The smallest absolute Gasteiger partial charge is 0.194 e. The van der Waals surface area contributed by atoms with E-state index in [2.05, 4.69) is 21.1 Å². The highest BCUT2D eigenvalue weighted by Crippen LogP contribution is 2.25. The van der Waals surface area contributed by atoms with Gasteiger partial charge in [-0.2, -0.15) is 0 Å². The van der Waals surface area contributed by atoms with Crippen LogP contribution in [0.2, 0.25) is 10.0 Å². The summed E-state index contributed by atoms with van der Waals surface area (Å²) in [6.45, 7) is 3.04. The molecule has 1 N–H and O–H groups in total. The van der Waals surface area contributed by atoms with Crippen LogP contribution in [-0.2, 0) is 0 Å². The molecule has 132 valence electrons. The number of nitrogens with zero attached hydrogens (tertiary/aromatic N) is 2. The number of guanidine groups is 1. The number of terminal acetylenes is 1.